The molecule has 1 fully saturated rings. The lowest BCUT2D eigenvalue weighted by molar-refractivity contribution is 0.253. The van der Waals surface area contributed by atoms with E-state index in [1.54, 1.807) is 0 Å². The minimum absolute atomic E-state index is 0.478. The van der Waals surface area contributed by atoms with Crippen LogP contribution in [0.1, 0.15) is 17.7 Å². The van der Waals surface area contributed by atoms with E-state index in [4.69, 9.17) is 21.3 Å². The summed E-state index contributed by atoms with van der Waals surface area (Å²) in [6, 6.07) is 16.0. The third kappa shape index (κ3) is 3.83. The Morgan fingerprint density at radius 3 is 2.50 bits per heavy atom. The molecule has 5 rings (SSSR count). The second-order valence-electron chi connectivity index (χ2n) is 8.38. The highest BCUT2D eigenvalue weighted by atomic mass is 16.5. The van der Waals surface area contributed by atoms with E-state index in [-0.39, 0.29) is 0 Å². The molecule has 6 nitrogen and oxygen atoms in total. The van der Waals surface area contributed by atoms with Crippen LogP contribution >= 0.6 is 0 Å². The highest BCUT2D eigenvalue weighted by Crippen LogP contribution is 2.36. The minimum atomic E-state index is 0.478. The largest absolute Gasteiger partial charge is 0.475 e. The van der Waals surface area contributed by atoms with Crippen LogP contribution in [0.2, 0.25) is 0 Å². The second-order valence-corrected chi connectivity index (χ2v) is 8.38. The lowest BCUT2D eigenvalue weighted by atomic mass is 10.0. The first kappa shape index (κ1) is 20.2. The van der Waals surface area contributed by atoms with Gasteiger partial charge in [0.2, 0.25) is 5.65 Å². The highest BCUT2D eigenvalue weighted by molar-refractivity contribution is 5.82. The van der Waals surface area contributed by atoms with Gasteiger partial charge in [-0.15, -0.1) is 0 Å². The molecule has 6 heteroatoms. The molecule has 1 atom stereocenters. The summed E-state index contributed by atoms with van der Waals surface area (Å²) in [5.74, 6) is 1.02. The van der Waals surface area contributed by atoms with Crippen LogP contribution in [-0.2, 0) is 0 Å². The van der Waals surface area contributed by atoms with Crippen molar-refractivity contribution in [3.63, 3.8) is 0 Å². The van der Waals surface area contributed by atoms with Crippen LogP contribution in [0.3, 0.4) is 0 Å². The molecule has 1 aliphatic heterocycles. The lowest BCUT2D eigenvalue weighted by Crippen LogP contribution is -2.16. The van der Waals surface area contributed by atoms with Gasteiger partial charge in [0.25, 0.3) is 5.88 Å². The zero-order valence-corrected chi connectivity index (χ0v) is 18.3. The van der Waals surface area contributed by atoms with E-state index in [0.29, 0.717) is 24.1 Å². The first-order valence-electron chi connectivity index (χ1n) is 10.9. The fourth-order valence-corrected chi connectivity index (χ4v) is 4.17. The van der Waals surface area contributed by atoms with E-state index in [1.165, 1.54) is 5.56 Å². The summed E-state index contributed by atoms with van der Waals surface area (Å²) in [7, 11) is 0. The van der Waals surface area contributed by atoms with Crippen LogP contribution in [0.15, 0.2) is 54.7 Å². The van der Waals surface area contributed by atoms with Crippen molar-refractivity contribution in [1.82, 2.24) is 19.7 Å². The Kier molecular flexibility index (Phi) is 5.34. The van der Waals surface area contributed by atoms with Gasteiger partial charge in [-0.2, -0.15) is 0 Å². The summed E-state index contributed by atoms with van der Waals surface area (Å²) < 4.78 is 8.34. The number of nitrogens with zero attached hydrogens (tertiary/aromatic N) is 4. The molecule has 0 radical (unpaired) electrons. The summed E-state index contributed by atoms with van der Waals surface area (Å²) >= 11 is 0. The number of hydrogen-bond acceptors (Lipinski definition) is 4. The zero-order chi connectivity index (χ0) is 22.1. The topological polar surface area (TPSA) is 55.8 Å². The van der Waals surface area contributed by atoms with E-state index in [2.05, 4.69) is 45.8 Å². The first-order chi connectivity index (χ1) is 15.6. The number of aromatic nitrogens is 3. The molecule has 1 N–H and O–H groups in total. The standard InChI is InChI=1S/C26H25N5O/c1-17-4-6-21(7-5-17)24-23(20-8-10-22(27-3)11-9-20)30-26(25-29-18(2)15-31(24)25)32-16-19-12-13-28-14-19/h4-11,15,19,28H,12-14,16H2,1-2H3/t19-/m1/s1. The fourth-order valence-electron chi connectivity index (χ4n) is 4.17. The molecule has 32 heavy (non-hydrogen) atoms. The van der Waals surface area contributed by atoms with Gasteiger partial charge in [-0.25, -0.2) is 14.8 Å². The Hall–Kier alpha value is -3.69. The van der Waals surface area contributed by atoms with E-state index >= 15 is 0 Å². The molecule has 2 aromatic heterocycles. The van der Waals surface area contributed by atoms with E-state index in [0.717, 1.165) is 53.4 Å². The molecule has 0 saturated carbocycles. The van der Waals surface area contributed by atoms with Gasteiger partial charge in [0.15, 0.2) is 5.69 Å². The van der Waals surface area contributed by atoms with Gasteiger partial charge in [0, 0.05) is 24.2 Å². The van der Waals surface area contributed by atoms with E-state index in [1.807, 2.05) is 37.4 Å². The Bertz CT molecular complexity index is 1290. The number of imidazole rings is 1. The highest BCUT2D eigenvalue weighted by Gasteiger charge is 2.22. The maximum Gasteiger partial charge on any atom is 0.259 e. The van der Waals surface area contributed by atoms with Crippen molar-refractivity contribution in [2.24, 2.45) is 5.92 Å². The van der Waals surface area contributed by atoms with Crippen LogP contribution < -0.4 is 10.1 Å². The van der Waals surface area contributed by atoms with Gasteiger partial charge in [0.1, 0.15) is 0 Å². The molecule has 1 saturated heterocycles. The number of hydrogen-bond donors (Lipinski definition) is 1. The first-order valence-corrected chi connectivity index (χ1v) is 10.9. The summed E-state index contributed by atoms with van der Waals surface area (Å²) in [6.45, 7) is 14.0. The fraction of sp³-hybridized carbons (Fsp3) is 0.269. The average molecular weight is 424 g/mol. The SMILES string of the molecule is [C-]#[N+]c1ccc(-c2nc(OC[C@@H]3CCNC3)c3nc(C)cn3c2-c2ccc(C)cc2)cc1. The van der Waals surface area contributed by atoms with Crippen molar-refractivity contribution in [3.05, 3.63) is 77.4 Å². The molecule has 1 aliphatic rings. The summed E-state index contributed by atoms with van der Waals surface area (Å²) in [5, 5.41) is 3.39. The second kappa shape index (κ2) is 8.45. The zero-order valence-electron chi connectivity index (χ0n) is 18.3. The smallest absolute Gasteiger partial charge is 0.259 e. The maximum atomic E-state index is 7.27. The van der Waals surface area contributed by atoms with Gasteiger partial charge >= 0.3 is 0 Å². The predicted molar refractivity (Wildman–Crippen MR) is 126 cm³/mol. The molecule has 0 bridgehead atoms. The molecule has 2 aromatic carbocycles. The third-order valence-electron chi connectivity index (χ3n) is 5.91. The Morgan fingerprint density at radius 1 is 1.06 bits per heavy atom. The Morgan fingerprint density at radius 2 is 1.81 bits per heavy atom. The number of benzene rings is 2. The predicted octanol–water partition coefficient (Wildman–Crippen LogP) is 5.22. The van der Waals surface area contributed by atoms with Crippen LogP contribution in [0.25, 0.3) is 33.0 Å². The lowest BCUT2D eigenvalue weighted by Gasteiger charge is -2.17. The number of fused-ring (bicyclic) bond motifs is 1. The van der Waals surface area contributed by atoms with Crippen molar-refractivity contribution in [1.29, 1.82) is 0 Å². The van der Waals surface area contributed by atoms with E-state index < -0.39 is 0 Å². The molecule has 0 spiro atoms. The third-order valence-corrected chi connectivity index (χ3v) is 5.91. The molecular weight excluding hydrogens is 398 g/mol. The summed E-state index contributed by atoms with van der Waals surface area (Å²) in [5.41, 5.74) is 7.22. The van der Waals surface area contributed by atoms with Crippen LogP contribution in [0.4, 0.5) is 5.69 Å². The molecule has 160 valence electrons. The number of rotatable bonds is 5. The number of ether oxygens (including phenoxy) is 1. The number of aryl methyl sites for hydroxylation is 2. The van der Waals surface area contributed by atoms with Gasteiger partial charge in [0.05, 0.1) is 30.3 Å². The quantitative estimate of drug-likeness (QED) is 0.447. The summed E-state index contributed by atoms with van der Waals surface area (Å²) in [4.78, 5) is 13.3. The molecule has 0 unspecified atom stereocenters. The van der Waals surface area contributed by atoms with Crippen molar-refractivity contribution >= 4 is 11.3 Å². The Balaban J connectivity index is 1.70. The molecular formula is C26H25N5O. The van der Waals surface area contributed by atoms with Crippen LogP contribution in [0.5, 0.6) is 5.88 Å². The molecule has 0 aliphatic carbocycles. The van der Waals surface area contributed by atoms with Crippen molar-refractivity contribution in [3.8, 4) is 28.4 Å². The van der Waals surface area contributed by atoms with Crippen molar-refractivity contribution < 1.29 is 4.74 Å². The van der Waals surface area contributed by atoms with Gasteiger partial charge in [-0.05, 0) is 32.4 Å². The number of nitrogens with one attached hydrogen (secondary N) is 1. The van der Waals surface area contributed by atoms with Crippen LogP contribution in [0, 0.1) is 26.3 Å². The normalized spacial score (nSPS) is 15.7. The molecule has 4 aromatic rings. The molecule has 0 amide bonds. The van der Waals surface area contributed by atoms with Gasteiger partial charge in [-0.1, -0.05) is 54.1 Å². The van der Waals surface area contributed by atoms with Crippen molar-refractivity contribution in [2.45, 2.75) is 20.3 Å². The minimum Gasteiger partial charge on any atom is -0.475 e. The summed E-state index contributed by atoms with van der Waals surface area (Å²) in [6.07, 6.45) is 3.14. The Labute approximate surface area is 187 Å². The average Bonchev–Trinajstić information content (AvgIpc) is 3.47. The maximum absolute atomic E-state index is 7.27. The van der Waals surface area contributed by atoms with E-state index in [9.17, 15) is 0 Å². The monoisotopic (exact) mass is 423 g/mol. The van der Waals surface area contributed by atoms with Gasteiger partial charge in [-0.3, -0.25) is 4.40 Å². The molecule has 3 heterocycles. The van der Waals surface area contributed by atoms with Crippen LogP contribution in [-0.4, -0.2) is 34.1 Å². The van der Waals surface area contributed by atoms with Crippen molar-refractivity contribution in [2.75, 3.05) is 19.7 Å². The van der Waals surface area contributed by atoms with Gasteiger partial charge < -0.3 is 10.1 Å².